The highest BCUT2D eigenvalue weighted by Gasteiger charge is 2.30. The Morgan fingerprint density at radius 1 is 1.40 bits per heavy atom. The number of benzene rings is 1. The third-order valence-electron chi connectivity index (χ3n) is 3.42. The number of nitrogens with zero attached hydrogens (tertiary/aromatic N) is 1. The standard InChI is InChI=1S/C15H15ClN2OS/c1-8-3-4-11(7-12(8)16)13-9(2)20-15(17-13)18-14(19)10-5-6-10/h3-4,7,10H,5-6H2,1-2H3,(H,17,18,19). The van der Waals surface area contributed by atoms with Gasteiger partial charge in [0, 0.05) is 21.4 Å². The van der Waals surface area contributed by atoms with Crippen molar-refractivity contribution >= 4 is 34.0 Å². The summed E-state index contributed by atoms with van der Waals surface area (Å²) in [5.74, 6) is 0.281. The molecule has 1 heterocycles. The SMILES string of the molecule is Cc1ccc(-c2nc(NC(=O)C3CC3)sc2C)cc1Cl. The molecule has 3 nitrogen and oxygen atoms in total. The van der Waals surface area contributed by atoms with Crippen LogP contribution in [-0.2, 0) is 4.79 Å². The molecule has 3 rings (SSSR count). The number of carbonyl (C=O) groups excluding carboxylic acids is 1. The Labute approximate surface area is 127 Å². The Morgan fingerprint density at radius 3 is 2.80 bits per heavy atom. The topological polar surface area (TPSA) is 42.0 Å². The van der Waals surface area contributed by atoms with Gasteiger partial charge in [0.25, 0.3) is 0 Å². The number of anilines is 1. The lowest BCUT2D eigenvalue weighted by molar-refractivity contribution is -0.117. The van der Waals surface area contributed by atoms with Crippen molar-refractivity contribution in [3.8, 4) is 11.3 Å². The van der Waals surface area contributed by atoms with Gasteiger partial charge in [0.05, 0.1) is 5.69 Å². The number of aromatic nitrogens is 1. The minimum Gasteiger partial charge on any atom is -0.302 e. The first-order valence-corrected chi connectivity index (χ1v) is 7.79. The van der Waals surface area contributed by atoms with Gasteiger partial charge in [-0.1, -0.05) is 23.7 Å². The molecule has 0 unspecified atom stereocenters. The summed E-state index contributed by atoms with van der Waals surface area (Å²) in [7, 11) is 0. The summed E-state index contributed by atoms with van der Waals surface area (Å²) in [4.78, 5) is 17.4. The maximum atomic E-state index is 11.8. The van der Waals surface area contributed by atoms with E-state index in [2.05, 4.69) is 10.3 Å². The van der Waals surface area contributed by atoms with Gasteiger partial charge in [-0.15, -0.1) is 11.3 Å². The van der Waals surface area contributed by atoms with Gasteiger partial charge < -0.3 is 5.32 Å². The molecule has 5 heteroatoms. The molecule has 20 heavy (non-hydrogen) atoms. The van der Waals surface area contributed by atoms with Crippen LogP contribution >= 0.6 is 22.9 Å². The van der Waals surface area contributed by atoms with E-state index in [0.717, 1.165) is 39.6 Å². The molecular formula is C15H15ClN2OS. The van der Waals surface area contributed by atoms with Crippen LogP contribution in [0.4, 0.5) is 5.13 Å². The van der Waals surface area contributed by atoms with Crippen LogP contribution in [0.25, 0.3) is 11.3 Å². The summed E-state index contributed by atoms with van der Waals surface area (Å²) >= 11 is 7.67. The lowest BCUT2D eigenvalue weighted by Crippen LogP contribution is -2.12. The number of thiazole rings is 1. The Kier molecular flexibility index (Phi) is 3.52. The predicted octanol–water partition coefficient (Wildman–Crippen LogP) is 4.43. The van der Waals surface area contributed by atoms with E-state index in [-0.39, 0.29) is 11.8 Å². The highest BCUT2D eigenvalue weighted by molar-refractivity contribution is 7.16. The molecule has 0 radical (unpaired) electrons. The molecule has 0 aliphatic heterocycles. The Bertz CT molecular complexity index is 677. The van der Waals surface area contributed by atoms with Gasteiger partial charge in [-0.05, 0) is 38.3 Å². The number of halogens is 1. The zero-order chi connectivity index (χ0) is 14.3. The lowest BCUT2D eigenvalue weighted by atomic mass is 10.1. The second-order valence-corrected chi connectivity index (χ2v) is 6.76. The molecule has 0 saturated heterocycles. The van der Waals surface area contributed by atoms with Crippen LogP contribution in [0.2, 0.25) is 5.02 Å². The number of carbonyl (C=O) groups is 1. The van der Waals surface area contributed by atoms with E-state index >= 15 is 0 Å². The highest BCUT2D eigenvalue weighted by atomic mass is 35.5. The van der Waals surface area contributed by atoms with Crippen molar-refractivity contribution in [1.29, 1.82) is 0 Å². The van der Waals surface area contributed by atoms with Gasteiger partial charge in [0.2, 0.25) is 5.91 Å². The molecule has 1 aliphatic carbocycles. The summed E-state index contributed by atoms with van der Waals surface area (Å²) in [5, 5.41) is 4.30. The highest BCUT2D eigenvalue weighted by Crippen LogP contribution is 2.34. The normalized spacial score (nSPS) is 14.3. The molecule has 1 amide bonds. The molecule has 1 N–H and O–H groups in total. The Morgan fingerprint density at radius 2 is 2.15 bits per heavy atom. The van der Waals surface area contributed by atoms with E-state index in [1.54, 1.807) is 0 Å². The molecule has 0 atom stereocenters. The van der Waals surface area contributed by atoms with Gasteiger partial charge in [-0.3, -0.25) is 4.79 Å². The summed E-state index contributed by atoms with van der Waals surface area (Å²) in [6, 6.07) is 5.92. The van der Waals surface area contributed by atoms with Gasteiger partial charge in [0.1, 0.15) is 0 Å². The number of rotatable bonds is 3. The van der Waals surface area contributed by atoms with E-state index in [4.69, 9.17) is 11.6 Å². The Hall–Kier alpha value is -1.39. The fourth-order valence-electron chi connectivity index (χ4n) is 2.01. The van der Waals surface area contributed by atoms with Crippen LogP contribution in [0.15, 0.2) is 18.2 Å². The quantitative estimate of drug-likeness (QED) is 0.911. The maximum absolute atomic E-state index is 11.8. The van der Waals surface area contributed by atoms with E-state index < -0.39 is 0 Å². The summed E-state index contributed by atoms with van der Waals surface area (Å²) < 4.78 is 0. The zero-order valence-corrected chi connectivity index (χ0v) is 12.9. The second kappa shape index (κ2) is 5.19. The molecule has 0 spiro atoms. The number of hydrogen-bond donors (Lipinski definition) is 1. The van der Waals surface area contributed by atoms with Crippen LogP contribution in [0.1, 0.15) is 23.3 Å². The average molecular weight is 307 g/mol. The predicted molar refractivity (Wildman–Crippen MR) is 83.4 cm³/mol. The minimum atomic E-state index is 0.0900. The molecule has 104 valence electrons. The van der Waals surface area contributed by atoms with Crippen molar-refractivity contribution in [3.05, 3.63) is 33.7 Å². The van der Waals surface area contributed by atoms with Crippen molar-refractivity contribution in [2.24, 2.45) is 5.92 Å². The molecule has 2 aromatic rings. The first-order chi connectivity index (χ1) is 9.54. The van der Waals surface area contributed by atoms with Crippen molar-refractivity contribution < 1.29 is 4.79 Å². The minimum absolute atomic E-state index is 0.0900. The Balaban J connectivity index is 1.87. The van der Waals surface area contributed by atoms with Crippen LogP contribution in [-0.4, -0.2) is 10.9 Å². The molecule has 1 saturated carbocycles. The van der Waals surface area contributed by atoms with Crippen LogP contribution < -0.4 is 5.32 Å². The van der Waals surface area contributed by atoms with Crippen LogP contribution in [0.3, 0.4) is 0 Å². The molecule has 1 aliphatic rings. The van der Waals surface area contributed by atoms with Crippen molar-refractivity contribution in [2.45, 2.75) is 26.7 Å². The fourth-order valence-corrected chi connectivity index (χ4v) is 3.03. The van der Waals surface area contributed by atoms with Crippen LogP contribution in [0, 0.1) is 19.8 Å². The first-order valence-electron chi connectivity index (χ1n) is 6.59. The van der Waals surface area contributed by atoms with Crippen molar-refractivity contribution in [1.82, 2.24) is 4.98 Å². The third-order valence-corrected chi connectivity index (χ3v) is 4.71. The smallest absolute Gasteiger partial charge is 0.229 e. The van der Waals surface area contributed by atoms with Crippen LogP contribution in [0.5, 0.6) is 0 Å². The zero-order valence-electron chi connectivity index (χ0n) is 11.4. The number of nitrogens with one attached hydrogen (secondary N) is 1. The molecular weight excluding hydrogens is 292 g/mol. The van der Waals surface area contributed by atoms with E-state index in [1.807, 2.05) is 32.0 Å². The summed E-state index contributed by atoms with van der Waals surface area (Å²) in [5.41, 5.74) is 2.93. The number of amides is 1. The largest absolute Gasteiger partial charge is 0.302 e. The maximum Gasteiger partial charge on any atom is 0.229 e. The molecule has 0 bridgehead atoms. The lowest BCUT2D eigenvalue weighted by Gasteiger charge is -2.02. The average Bonchev–Trinajstić information content (AvgIpc) is 3.18. The van der Waals surface area contributed by atoms with Gasteiger partial charge in [-0.2, -0.15) is 0 Å². The summed E-state index contributed by atoms with van der Waals surface area (Å²) in [6.45, 7) is 3.98. The second-order valence-electron chi connectivity index (χ2n) is 5.15. The van der Waals surface area contributed by atoms with E-state index in [1.165, 1.54) is 11.3 Å². The molecule has 1 aromatic heterocycles. The third kappa shape index (κ3) is 2.72. The first kappa shape index (κ1) is 13.6. The molecule has 1 fully saturated rings. The molecule has 1 aromatic carbocycles. The van der Waals surface area contributed by atoms with E-state index in [0.29, 0.717) is 5.13 Å². The van der Waals surface area contributed by atoms with Gasteiger partial charge in [-0.25, -0.2) is 4.98 Å². The number of hydrogen-bond acceptors (Lipinski definition) is 3. The van der Waals surface area contributed by atoms with Crippen molar-refractivity contribution in [3.63, 3.8) is 0 Å². The van der Waals surface area contributed by atoms with E-state index in [9.17, 15) is 4.79 Å². The fraction of sp³-hybridized carbons (Fsp3) is 0.333. The van der Waals surface area contributed by atoms with Gasteiger partial charge in [0.15, 0.2) is 5.13 Å². The monoisotopic (exact) mass is 306 g/mol. The number of aryl methyl sites for hydroxylation is 2. The van der Waals surface area contributed by atoms with Crippen molar-refractivity contribution in [2.75, 3.05) is 5.32 Å². The van der Waals surface area contributed by atoms with Gasteiger partial charge >= 0.3 is 0 Å². The summed E-state index contributed by atoms with van der Waals surface area (Å²) in [6.07, 6.45) is 1.99.